The van der Waals surface area contributed by atoms with Gasteiger partial charge in [0.15, 0.2) is 5.82 Å². The molecule has 134 valence electrons. The summed E-state index contributed by atoms with van der Waals surface area (Å²) < 4.78 is 5.56. The number of rotatable bonds is 3. The molecule has 1 aliphatic heterocycles. The van der Waals surface area contributed by atoms with Crippen molar-refractivity contribution in [1.82, 2.24) is 19.9 Å². The van der Waals surface area contributed by atoms with E-state index < -0.39 is 5.60 Å². The van der Waals surface area contributed by atoms with Crippen LogP contribution in [0.4, 0.5) is 5.82 Å². The molecule has 3 aromatic rings. The number of nitrogens with one attached hydrogen (secondary N) is 1. The minimum Gasteiger partial charge on any atom is -0.384 e. The van der Waals surface area contributed by atoms with Gasteiger partial charge in [-0.25, -0.2) is 15.0 Å². The zero-order chi connectivity index (χ0) is 17.7. The molecule has 5 rings (SSSR count). The van der Waals surface area contributed by atoms with Gasteiger partial charge in [-0.05, 0) is 31.9 Å². The largest absolute Gasteiger partial charge is 0.384 e. The summed E-state index contributed by atoms with van der Waals surface area (Å²) in [5.41, 5.74) is 1.62. The summed E-state index contributed by atoms with van der Waals surface area (Å²) in [7, 11) is 0. The molecule has 1 saturated carbocycles. The predicted molar refractivity (Wildman–Crippen MR) is 97.9 cm³/mol. The van der Waals surface area contributed by atoms with E-state index in [0.29, 0.717) is 24.7 Å². The molecule has 0 amide bonds. The molecule has 7 nitrogen and oxygen atoms in total. The van der Waals surface area contributed by atoms with Gasteiger partial charge in [-0.15, -0.1) is 0 Å². The number of fused-ring (bicyclic) bond motifs is 1. The molecule has 2 N–H and O–H groups in total. The lowest BCUT2D eigenvalue weighted by Crippen LogP contribution is -2.44. The third-order valence-corrected chi connectivity index (χ3v) is 5.28. The molecule has 0 bridgehead atoms. The first-order valence-electron chi connectivity index (χ1n) is 9.03. The zero-order valence-corrected chi connectivity index (χ0v) is 14.6. The minimum absolute atomic E-state index is 0.234. The number of anilines is 1. The van der Waals surface area contributed by atoms with E-state index in [2.05, 4.69) is 21.8 Å². The van der Waals surface area contributed by atoms with Crippen LogP contribution in [0.2, 0.25) is 0 Å². The average Bonchev–Trinajstić information content (AvgIpc) is 3.23. The van der Waals surface area contributed by atoms with E-state index in [-0.39, 0.29) is 6.04 Å². The van der Waals surface area contributed by atoms with E-state index >= 15 is 0 Å². The van der Waals surface area contributed by atoms with E-state index in [1.54, 1.807) is 6.20 Å². The molecule has 3 aromatic heterocycles. The maximum Gasteiger partial charge on any atom is 0.162 e. The Morgan fingerprint density at radius 3 is 3.00 bits per heavy atom. The highest BCUT2D eigenvalue weighted by Crippen LogP contribution is 2.45. The summed E-state index contributed by atoms with van der Waals surface area (Å²) in [6.45, 7) is 4.27. The Labute approximate surface area is 151 Å². The lowest BCUT2D eigenvalue weighted by Gasteiger charge is -2.34. The Kier molecular flexibility index (Phi) is 3.48. The van der Waals surface area contributed by atoms with Crippen LogP contribution in [-0.4, -0.2) is 50.8 Å². The zero-order valence-electron chi connectivity index (χ0n) is 14.6. The van der Waals surface area contributed by atoms with Crippen LogP contribution >= 0.6 is 0 Å². The van der Waals surface area contributed by atoms with Crippen LogP contribution in [0.15, 0.2) is 30.6 Å². The summed E-state index contributed by atoms with van der Waals surface area (Å²) in [4.78, 5) is 19.3. The molecule has 0 unspecified atom stereocenters. The van der Waals surface area contributed by atoms with Gasteiger partial charge < -0.3 is 19.7 Å². The van der Waals surface area contributed by atoms with Gasteiger partial charge in [0.2, 0.25) is 0 Å². The Balaban J connectivity index is 1.67. The second-order valence-corrected chi connectivity index (χ2v) is 7.18. The van der Waals surface area contributed by atoms with E-state index in [4.69, 9.17) is 14.7 Å². The van der Waals surface area contributed by atoms with E-state index in [0.717, 1.165) is 41.8 Å². The maximum absolute atomic E-state index is 10.7. The number of aromatic amines is 1. The first kappa shape index (κ1) is 15.7. The molecular formula is C19H21N5O2. The van der Waals surface area contributed by atoms with Crippen LogP contribution in [0.5, 0.6) is 0 Å². The van der Waals surface area contributed by atoms with E-state index in [1.165, 1.54) is 0 Å². The Morgan fingerprint density at radius 2 is 2.19 bits per heavy atom. The number of H-pyrrole nitrogens is 1. The molecule has 0 spiro atoms. The fraction of sp³-hybridized carbons (Fsp3) is 0.421. The molecule has 2 fully saturated rings. The normalized spacial score (nSPS) is 21.9. The van der Waals surface area contributed by atoms with E-state index in [9.17, 15) is 5.11 Å². The Morgan fingerprint density at radius 1 is 1.31 bits per heavy atom. The van der Waals surface area contributed by atoms with Crippen LogP contribution in [0.1, 0.15) is 25.5 Å². The van der Waals surface area contributed by atoms with Crippen LogP contribution in [0, 0.1) is 0 Å². The summed E-state index contributed by atoms with van der Waals surface area (Å²) in [5, 5.41) is 11.7. The van der Waals surface area contributed by atoms with Crippen molar-refractivity contribution in [3.63, 3.8) is 0 Å². The second kappa shape index (κ2) is 5.75. The highest BCUT2D eigenvalue weighted by Gasteiger charge is 2.44. The van der Waals surface area contributed by atoms with Crippen molar-refractivity contribution in [2.24, 2.45) is 0 Å². The number of hydrogen-bond acceptors (Lipinski definition) is 6. The Bertz CT molecular complexity index is 965. The van der Waals surface area contributed by atoms with E-state index in [1.807, 2.05) is 24.4 Å². The number of nitrogens with zero attached hydrogens (tertiary/aromatic N) is 4. The monoisotopic (exact) mass is 351 g/mol. The average molecular weight is 351 g/mol. The summed E-state index contributed by atoms with van der Waals surface area (Å²) in [6, 6.07) is 6.08. The smallest absolute Gasteiger partial charge is 0.162 e. The van der Waals surface area contributed by atoms with Crippen molar-refractivity contribution in [3.05, 3.63) is 36.3 Å². The fourth-order valence-corrected chi connectivity index (χ4v) is 3.54. The number of hydrogen-bond donors (Lipinski definition) is 2. The van der Waals surface area contributed by atoms with Gasteiger partial charge in [0.25, 0.3) is 0 Å². The third-order valence-electron chi connectivity index (χ3n) is 5.28. The first-order valence-corrected chi connectivity index (χ1v) is 9.03. The lowest BCUT2D eigenvalue weighted by molar-refractivity contribution is 0.0984. The summed E-state index contributed by atoms with van der Waals surface area (Å²) in [5.74, 6) is 1.48. The number of morpholine rings is 1. The molecule has 1 atom stereocenters. The highest BCUT2D eigenvalue weighted by atomic mass is 16.5. The number of aliphatic hydroxyl groups is 1. The summed E-state index contributed by atoms with van der Waals surface area (Å²) >= 11 is 0. The number of aromatic nitrogens is 4. The molecule has 26 heavy (non-hydrogen) atoms. The van der Waals surface area contributed by atoms with Gasteiger partial charge in [0.1, 0.15) is 17.1 Å². The Hall–Kier alpha value is -2.51. The van der Waals surface area contributed by atoms with Gasteiger partial charge in [-0.2, -0.15) is 0 Å². The quantitative estimate of drug-likeness (QED) is 0.752. The molecule has 1 saturated heterocycles. The van der Waals surface area contributed by atoms with Gasteiger partial charge in [0.05, 0.1) is 24.9 Å². The number of pyridine rings is 1. The maximum atomic E-state index is 10.7. The molecule has 4 heterocycles. The van der Waals surface area contributed by atoms with Gasteiger partial charge in [-0.3, -0.25) is 0 Å². The van der Waals surface area contributed by atoms with Crippen molar-refractivity contribution in [3.8, 4) is 11.4 Å². The van der Waals surface area contributed by atoms with Crippen molar-refractivity contribution in [2.75, 3.05) is 24.7 Å². The van der Waals surface area contributed by atoms with Crippen LogP contribution < -0.4 is 4.90 Å². The van der Waals surface area contributed by atoms with Crippen LogP contribution in [0.3, 0.4) is 0 Å². The van der Waals surface area contributed by atoms with Gasteiger partial charge >= 0.3 is 0 Å². The van der Waals surface area contributed by atoms with Gasteiger partial charge in [-0.1, -0.05) is 0 Å². The first-order chi connectivity index (χ1) is 12.6. The molecule has 0 radical (unpaired) electrons. The van der Waals surface area contributed by atoms with Crippen molar-refractivity contribution in [1.29, 1.82) is 0 Å². The lowest BCUT2D eigenvalue weighted by atomic mass is 10.1. The molecule has 7 heteroatoms. The molecule has 2 aliphatic rings. The van der Waals surface area contributed by atoms with Crippen molar-refractivity contribution < 1.29 is 9.84 Å². The predicted octanol–water partition coefficient (Wildman–Crippen LogP) is 2.23. The van der Waals surface area contributed by atoms with Crippen LogP contribution in [-0.2, 0) is 10.3 Å². The second-order valence-electron chi connectivity index (χ2n) is 7.18. The minimum atomic E-state index is -0.813. The van der Waals surface area contributed by atoms with Crippen molar-refractivity contribution >= 4 is 16.9 Å². The fourth-order valence-electron chi connectivity index (χ4n) is 3.54. The molecule has 0 aromatic carbocycles. The topological polar surface area (TPSA) is 87.2 Å². The number of ether oxygens (including phenoxy) is 1. The van der Waals surface area contributed by atoms with Gasteiger partial charge in [0, 0.05) is 36.0 Å². The van der Waals surface area contributed by atoms with Crippen molar-refractivity contribution in [2.45, 2.75) is 31.4 Å². The molecular weight excluding hydrogens is 330 g/mol. The van der Waals surface area contributed by atoms with Crippen LogP contribution in [0.25, 0.3) is 22.4 Å². The highest BCUT2D eigenvalue weighted by molar-refractivity contribution is 5.91. The third kappa shape index (κ3) is 2.55. The SMILES string of the molecule is C[C@@H]1COCCN1c1cc(C2(O)CC2)nc(-c2ccnc3[nH]ccc23)n1. The standard InChI is InChI=1S/C19H21N5O2/c1-12-11-26-9-8-24(12)16-10-15(19(25)4-5-19)22-18(23-16)14-3-7-21-17-13(14)2-6-20-17/h2-3,6-7,10,12,25H,4-5,8-9,11H2,1H3,(H,20,21)/t12-/m1/s1. The summed E-state index contributed by atoms with van der Waals surface area (Å²) in [6.07, 6.45) is 5.12. The molecule has 1 aliphatic carbocycles.